The summed E-state index contributed by atoms with van der Waals surface area (Å²) < 4.78 is 1.73. The second-order valence-corrected chi connectivity index (χ2v) is 7.59. The summed E-state index contributed by atoms with van der Waals surface area (Å²) in [5.74, 6) is -0.254. The average molecular weight is 359 g/mol. The molecule has 1 amide bonds. The predicted molar refractivity (Wildman–Crippen MR) is 97.6 cm³/mol. The number of rotatable bonds is 4. The van der Waals surface area contributed by atoms with Crippen molar-refractivity contribution in [2.45, 2.75) is 32.7 Å². The van der Waals surface area contributed by atoms with Crippen molar-refractivity contribution < 1.29 is 14.7 Å². The van der Waals surface area contributed by atoms with Gasteiger partial charge in [0.15, 0.2) is 0 Å². The van der Waals surface area contributed by atoms with Gasteiger partial charge >= 0.3 is 5.97 Å². The fourth-order valence-corrected chi connectivity index (χ4v) is 4.32. The molecule has 0 bridgehead atoms. The Kier molecular flexibility index (Phi) is 4.60. The van der Waals surface area contributed by atoms with E-state index < -0.39 is 11.5 Å². The molecular weight excluding hydrogens is 338 g/mol. The third kappa shape index (κ3) is 3.16. The van der Waals surface area contributed by atoms with Crippen LogP contribution in [0.15, 0.2) is 24.4 Å². The molecule has 6 nitrogen and oxygen atoms in total. The SMILES string of the molecule is Cc1ccc(C)c(-n2ncc(C(=O)NC3(C(=O)O)CCSC3)c2C)c1. The summed E-state index contributed by atoms with van der Waals surface area (Å²) in [6.07, 6.45) is 1.94. The van der Waals surface area contributed by atoms with Crippen LogP contribution in [0.2, 0.25) is 0 Å². The maximum absolute atomic E-state index is 12.7. The maximum Gasteiger partial charge on any atom is 0.330 e. The van der Waals surface area contributed by atoms with Gasteiger partial charge in [-0.3, -0.25) is 4.79 Å². The van der Waals surface area contributed by atoms with Crippen LogP contribution in [0.5, 0.6) is 0 Å². The molecule has 1 atom stereocenters. The number of hydrogen-bond donors (Lipinski definition) is 2. The van der Waals surface area contributed by atoms with Gasteiger partial charge in [0.2, 0.25) is 0 Å². The first-order chi connectivity index (χ1) is 11.8. The molecule has 1 aromatic carbocycles. The van der Waals surface area contributed by atoms with Gasteiger partial charge < -0.3 is 10.4 Å². The molecule has 2 heterocycles. The van der Waals surface area contributed by atoms with E-state index in [1.54, 1.807) is 4.68 Å². The Balaban J connectivity index is 1.92. The number of carboxylic acids is 1. The van der Waals surface area contributed by atoms with Crippen molar-refractivity contribution in [3.05, 3.63) is 46.8 Å². The van der Waals surface area contributed by atoms with Gasteiger partial charge in [0.1, 0.15) is 5.54 Å². The Hall–Kier alpha value is -2.28. The van der Waals surface area contributed by atoms with Crippen molar-refractivity contribution in [1.29, 1.82) is 0 Å². The number of hydrogen-bond acceptors (Lipinski definition) is 4. The third-order valence-electron chi connectivity index (χ3n) is 4.63. The summed E-state index contributed by atoms with van der Waals surface area (Å²) in [4.78, 5) is 24.3. The molecule has 1 aliphatic rings. The molecule has 7 heteroatoms. The zero-order valence-electron chi connectivity index (χ0n) is 14.5. The molecule has 1 aromatic heterocycles. The normalized spacial score (nSPS) is 19.8. The first kappa shape index (κ1) is 17.5. The minimum atomic E-state index is -1.18. The molecule has 0 radical (unpaired) electrons. The van der Waals surface area contributed by atoms with Crippen LogP contribution in [0, 0.1) is 20.8 Å². The highest BCUT2D eigenvalue weighted by Gasteiger charge is 2.43. The Morgan fingerprint density at radius 1 is 1.32 bits per heavy atom. The average Bonchev–Trinajstić information content (AvgIpc) is 3.17. The van der Waals surface area contributed by atoms with Gasteiger partial charge in [-0.2, -0.15) is 16.9 Å². The second-order valence-electron chi connectivity index (χ2n) is 6.49. The summed E-state index contributed by atoms with van der Waals surface area (Å²) in [6.45, 7) is 5.81. The van der Waals surface area contributed by atoms with E-state index in [9.17, 15) is 14.7 Å². The van der Waals surface area contributed by atoms with E-state index in [2.05, 4.69) is 10.4 Å². The lowest BCUT2D eigenvalue weighted by molar-refractivity contribution is -0.143. The van der Waals surface area contributed by atoms with E-state index in [0.29, 0.717) is 23.4 Å². The first-order valence-corrected chi connectivity index (χ1v) is 9.25. The molecule has 0 aliphatic carbocycles. The van der Waals surface area contributed by atoms with Crippen LogP contribution >= 0.6 is 11.8 Å². The molecule has 2 N–H and O–H groups in total. The molecule has 1 saturated heterocycles. The Morgan fingerprint density at radius 2 is 2.08 bits per heavy atom. The number of nitrogens with one attached hydrogen (secondary N) is 1. The van der Waals surface area contributed by atoms with Crippen molar-refractivity contribution in [3.63, 3.8) is 0 Å². The lowest BCUT2D eigenvalue weighted by Gasteiger charge is -2.24. The molecule has 2 aromatic rings. The molecule has 132 valence electrons. The number of aromatic nitrogens is 2. The van der Waals surface area contributed by atoms with Crippen molar-refractivity contribution in [3.8, 4) is 5.69 Å². The van der Waals surface area contributed by atoms with Crippen LogP contribution < -0.4 is 5.32 Å². The highest BCUT2D eigenvalue weighted by molar-refractivity contribution is 7.99. The van der Waals surface area contributed by atoms with Gasteiger partial charge in [-0.05, 0) is 50.1 Å². The summed E-state index contributed by atoms with van der Waals surface area (Å²) in [6, 6.07) is 6.06. The highest BCUT2D eigenvalue weighted by Crippen LogP contribution is 2.29. The predicted octanol–water partition coefficient (Wildman–Crippen LogP) is 2.49. The van der Waals surface area contributed by atoms with E-state index in [4.69, 9.17) is 0 Å². The van der Waals surface area contributed by atoms with Crippen LogP contribution in [0.4, 0.5) is 0 Å². The Bertz CT molecular complexity index is 838. The van der Waals surface area contributed by atoms with Crippen LogP contribution in [0.1, 0.15) is 33.6 Å². The van der Waals surface area contributed by atoms with Crippen molar-refractivity contribution in [2.24, 2.45) is 0 Å². The fraction of sp³-hybridized carbons (Fsp3) is 0.389. The highest BCUT2D eigenvalue weighted by atomic mass is 32.2. The summed E-state index contributed by atoms with van der Waals surface area (Å²) >= 11 is 1.54. The monoisotopic (exact) mass is 359 g/mol. The van der Waals surface area contributed by atoms with Gasteiger partial charge in [-0.15, -0.1) is 0 Å². The first-order valence-electron chi connectivity index (χ1n) is 8.10. The molecule has 1 aliphatic heterocycles. The number of carbonyl (C=O) groups is 2. The lowest BCUT2D eigenvalue weighted by Crippen LogP contribution is -2.54. The van der Waals surface area contributed by atoms with E-state index >= 15 is 0 Å². The molecule has 0 saturated carbocycles. The Morgan fingerprint density at radius 3 is 2.72 bits per heavy atom. The molecule has 1 unspecified atom stereocenters. The van der Waals surface area contributed by atoms with Crippen molar-refractivity contribution in [1.82, 2.24) is 15.1 Å². The minimum absolute atomic E-state index is 0.387. The number of aryl methyl sites for hydroxylation is 2. The molecule has 25 heavy (non-hydrogen) atoms. The van der Waals surface area contributed by atoms with Gasteiger partial charge in [-0.1, -0.05) is 12.1 Å². The summed E-state index contributed by atoms with van der Waals surface area (Å²) in [7, 11) is 0. The molecule has 3 rings (SSSR count). The number of nitrogens with zero attached hydrogens (tertiary/aromatic N) is 2. The van der Waals surface area contributed by atoms with Gasteiger partial charge in [0.05, 0.1) is 23.1 Å². The summed E-state index contributed by atoms with van der Waals surface area (Å²) in [5.41, 5.74) is 2.99. The minimum Gasteiger partial charge on any atom is -0.479 e. The third-order valence-corrected chi connectivity index (χ3v) is 5.82. The molecular formula is C18H21N3O3S. The zero-order valence-corrected chi connectivity index (χ0v) is 15.3. The Labute approximate surface area is 150 Å². The quantitative estimate of drug-likeness (QED) is 0.876. The number of carboxylic acid groups (broad SMARTS) is 1. The van der Waals surface area contributed by atoms with Gasteiger partial charge in [0.25, 0.3) is 5.91 Å². The van der Waals surface area contributed by atoms with Gasteiger partial charge in [0, 0.05) is 5.75 Å². The zero-order chi connectivity index (χ0) is 18.2. The second kappa shape index (κ2) is 6.55. The summed E-state index contributed by atoms with van der Waals surface area (Å²) in [5, 5.41) is 16.6. The van der Waals surface area contributed by atoms with Crippen LogP contribution in [0.25, 0.3) is 5.69 Å². The topological polar surface area (TPSA) is 84.2 Å². The largest absolute Gasteiger partial charge is 0.479 e. The smallest absolute Gasteiger partial charge is 0.330 e. The standard InChI is InChI=1S/C18H21N3O3S/c1-11-4-5-12(2)15(8-11)21-13(3)14(9-19-21)16(22)20-18(17(23)24)6-7-25-10-18/h4-5,8-9H,6-7,10H2,1-3H3,(H,20,22)(H,23,24). The number of aliphatic carboxylic acids is 1. The number of benzene rings is 1. The van der Waals surface area contributed by atoms with Crippen molar-refractivity contribution >= 4 is 23.6 Å². The maximum atomic E-state index is 12.7. The fourth-order valence-electron chi connectivity index (χ4n) is 2.99. The van der Waals surface area contributed by atoms with E-state index in [-0.39, 0.29) is 5.91 Å². The van der Waals surface area contributed by atoms with E-state index in [0.717, 1.165) is 22.6 Å². The van der Waals surface area contributed by atoms with Crippen LogP contribution in [-0.4, -0.2) is 43.8 Å². The number of amides is 1. The lowest BCUT2D eigenvalue weighted by atomic mass is 9.98. The van der Waals surface area contributed by atoms with Gasteiger partial charge in [-0.25, -0.2) is 9.48 Å². The number of carbonyl (C=O) groups excluding carboxylic acids is 1. The molecule has 1 fully saturated rings. The van der Waals surface area contributed by atoms with E-state index in [1.165, 1.54) is 18.0 Å². The van der Waals surface area contributed by atoms with E-state index in [1.807, 2.05) is 39.0 Å². The number of thioether (sulfide) groups is 1. The van der Waals surface area contributed by atoms with Crippen LogP contribution in [-0.2, 0) is 4.79 Å². The molecule has 0 spiro atoms. The van der Waals surface area contributed by atoms with Crippen LogP contribution in [0.3, 0.4) is 0 Å². The van der Waals surface area contributed by atoms with Crippen molar-refractivity contribution in [2.75, 3.05) is 11.5 Å².